The van der Waals surface area contributed by atoms with Crippen LogP contribution in [0, 0.1) is 11.8 Å². The first-order valence-corrected chi connectivity index (χ1v) is 6.68. The van der Waals surface area contributed by atoms with Gasteiger partial charge >= 0.3 is 6.18 Å². The quantitative estimate of drug-likeness (QED) is 0.382. The molecule has 1 heterocycles. The molecular formula is C14H18F3N3O. The van der Waals surface area contributed by atoms with Gasteiger partial charge in [-0.3, -0.25) is 0 Å². The number of amidine groups is 1. The van der Waals surface area contributed by atoms with Gasteiger partial charge in [-0.25, -0.2) is 0 Å². The molecule has 3 N–H and O–H groups in total. The van der Waals surface area contributed by atoms with Gasteiger partial charge in [0.15, 0.2) is 5.84 Å². The summed E-state index contributed by atoms with van der Waals surface area (Å²) in [6.45, 7) is 5.61. The minimum Gasteiger partial charge on any atom is -0.409 e. The highest BCUT2D eigenvalue weighted by molar-refractivity contribution is 5.99. The zero-order valence-electron chi connectivity index (χ0n) is 11.9. The van der Waals surface area contributed by atoms with E-state index in [0.29, 0.717) is 17.5 Å². The topological polar surface area (TPSA) is 61.8 Å². The second-order valence-corrected chi connectivity index (χ2v) is 5.57. The summed E-state index contributed by atoms with van der Waals surface area (Å²) in [6, 6.07) is 3.90. The molecule has 1 fully saturated rings. The zero-order chi connectivity index (χ0) is 15.8. The monoisotopic (exact) mass is 301 g/mol. The van der Waals surface area contributed by atoms with Crippen LogP contribution in [0.2, 0.25) is 0 Å². The van der Waals surface area contributed by atoms with Gasteiger partial charge in [0.05, 0.1) is 5.56 Å². The zero-order valence-corrected chi connectivity index (χ0v) is 11.9. The van der Waals surface area contributed by atoms with E-state index in [0.717, 1.165) is 19.2 Å². The average Bonchev–Trinajstić information content (AvgIpc) is 2.76. The number of rotatable bonds is 2. The Morgan fingerprint density at radius 2 is 1.86 bits per heavy atom. The average molecular weight is 301 g/mol. The van der Waals surface area contributed by atoms with Crippen LogP contribution in [0.5, 0.6) is 0 Å². The predicted octanol–water partition coefficient (Wildman–Crippen LogP) is 2.89. The maximum Gasteiger partial charge on any atom is 0.417 e. The standard InChI is InChI=1S/C14H18F3N3O/c1-8-6-20(7-9(8)2)10-3-4-11(13(18)19-21)12(5-10)14(15,16)17/h3-5,8-9,21H,6-7H2,1-2H3,(H2,18,19). The lowest BCUT2D eigenvalue weighted by Gasteiger charge is -2.21. The van der Waals surface area contributed by atoms with Crippen LogP contribution in [-0.2, 0) is 6.18 Å². The largest absolute Gasteiger partial charge is 0.417 e. The second kappa shape index (κ2) is 5.46. The van der Waals surface area contributed by atoms with Crippen molar-refractivity contribution in [3.8, 4) is 0 Å². The summed E-state index contributed by atoms with van der Waals surface area (Å²) in [5.41, 5.74) is 4.64. The number of nitrogens with two attached hydrogens (primary N) is 1. The summed E-state index contributed by atoms with van der Waals surface area (Å²) in [5, 5.41) is 11.3. The molecule has 4 nitrogen and oxygen atoms in total. The van der Waals surface area contributed by atoms with E-state index >= 15 is 0 Å². The third-order valence-corrected chi connectivity index (χ3v) is 4.05. The van der Waals surface area contributed by atoms with Crippen molar-refractivity contribution in [3.63, 3.8) is 0 Å². The van der Waals surface area contributed by atoms with E-state index in [9.17, 15) is 13.2 Å². The molecule has 1 aromatic rings. The molecule has 2 rings (SSSR count). The highest BCUT2D eigenvalue weighted by atomic mass is 19.4. The van der Waals surface area contributed by atoms with Crippen LogP contribution in [0.1, 0.15) is 25.0 Å². The van der Waals surface area contributed by atoms with Crippen LogP contribution in [0.15, 0.2) is 23.4 Å². The van der Waals surface area contributed by atoms with Gasteiger partial charge in [0.2, 0.25) is 0 Å². The Morgan fingerprint density at radius 3 is 2.33 bits per heavy atom. The molecule has 0 radical (unpaired) electrons. The molecule has 116 valence electrons. The first kappa shape index (κ1) is 15.5. The van der Waals surface area contributed by atoms with Crippen LogP contribution in [-0.4, -0.2) is 24.1 Å². The van der Waals surface area contributed by atoms with Crippen molar-refractivity contribution in [3.05, 3.63) is 29.3 Å². The van der Waals surface area contributed by atoms with Gasteiger partial charge < -0.3 is 15.8 Å². The molecule has 1 saturated heterocycles. The van der Waals surface area contributed by atoms with Gasteiger partial charge in [-0.15, -0.1) is 0 Å². The fraction of sp³-hybridized carbons (Fsp3) is 0.500. The minimum absolute atomic E-state index is 0.311. The molecule has 0 bridgehead atoms. The van der Waals surface area contributed by atoms with Crippen LogP contribution < -0.4 is 10.6 Å². The fourth-order valence-corrected chi connectivity index (χ4v) is 2.58. The third kappa shape index (κ3) is 3.06. The molecule has 21 heavy (non-hydrogen) atoms. The van der Waals surface area contributed by atoms with E-state index in [1.54, 1.807) is 6.07 Å². The lowest BCUT2D eigenvalue weighted by Crippen LogP contribution is -2.23. The molecule has 0 aromatic heterocycles. The Kier molecular flexibility index (Phi) is 4.02. The summed E-state index contributed by atoms with van der Waals surface area (Å²) >= 11 is 0. The molecule has 2 atom stereocenters. The Bertz CT molecular complexity index is 547. The van der Waals surface area contributed by atoms with Crippen molar-refractivity contribution in [2.45, 2.75) is 20.0 Å². The maximum absolute atomic E-state index is 13.2. The van der Waals surface area contributed by atoms with Crippen molar-refractivity contribution in [2.75, 3.05) is 18.0 Å². The van der Waals surface area contributed by atoms with Crippen molar-refractivity contribution >= 4 is 11.5 Å². The molecule has 0 aliphatic carbocycles. The Hall–Kier alpha value is -1.92. The number of halogens is 3. The van der Waals surface area contributed by atoms with Gasteiger partial charge in [-0.2, -0.15) is 13.2 Å². The molecule has 7 heteroatoms. The first-order chi connectivity index (χ1) is 9.74. The normalized spacial score (nSPS) is 23.7. The van der Waals surface area contributed by atoms with Gasteiger partial charge in [-0.1, -0.05) is 19.0 Å². The number of benzene rings is 1. The molecule has 0 amide bonds. The van der Waals surface area contributed by atoms with Crippen molar-refractivity contribution in [1.82, 2.24) is 0 Å². The van der Waals surface area contributed by atoms with Crippen LogP contribution in [0.3, 0.4) is 0 Å². The number of anilines is 1. The molecule has 0 spiro atoms. The molecule has 0 saturated carbocycles. The van der Waals surface area contributed by atoms with Crippen molar-refractivity contribution in [1.29, 1.82) is 0 Å². The summed E-state index contributed by atoms with van der Waals surface area (Å²) in [5.74, 6) is 0.322. The molecule has 2 unspecified atom stereocenters. The van der Waals surface area contributed by atoms with Crippen LogP contribution >= 0.6 is 0 Å². The molecular weight excluding hydrogens is 283 g/mol. The smallest absolute Gasteiger partial charge is 0.409 e. The van der Waals surface area contributed by atoms with Gasteiger partial charge in [0, 0.05) is 24.3 Å². The summed E-state index contributed by atoms with van der Waals surface area (Å²) < 4.78 is 39.5. The predicted molar refractivity (Wildman–Crippen MR) is 74.5 cm³/mol. The highest BCUT2D eigenvalue weighted by Crippen LogP contribution is 2.36. The Balaban J connectivity index is 2.43. The van der Waals surface area contributed by atoms with Crippen molar-refractivity contribution < 1.29 is 18.4 Å². The lowest BCUT2D eigenvalue weighted by atomic mass is 10.0. The summed E-state index contributed by atoms with van der Waals surface area (Å²) in [6.07, 6.45) is -4.56. The number of nitrogens with zero attached hydrogens (tertiary/aromatic N) is 2. The molecule has 1 aliphatic rings. The molecule has 1 aliphatic heterocycles. The minimum atomic E-state index is -4.56. The lowest BCUT2D eigenvalue weighted by molar-refractivity contribution is -0.137. The van der Waals surface area contributed by atoms with Gasteiger partial charge in [-0.05, 0) is 30.0 Å². The maximum atomic E-state index is 13.2. The van der Waals surface area contributed by atoms with E-state index in [1.165, 1.54) is 6.07 Å². The van der Waals surface area contributed by atoms with E-state index in [4.69, 9.17) is 10.9 Å². The molecule has 1 aromatic carbocycles. The van der Waals surface area contributed by atoms with Crippen LogP contribution in [0.25, 0.3) is 0 Å². The van der Waals surface area contributed by atoms with Crippen LogP contribution in [0.4, 0.5) is 18.9 Å². The third-order valence-electron chi connectivity index (χ3n) is 4.05. The van der Waals surface area contributed by atoms with Gasteiger partial charge in [0.25, 0.3) is 0 Å². The van der Waals surface area contributed by atoms with E-state index < -0.39 is 17.6 Å². The van der Waals surface area contributed by atoms with E-state index in [1.807, 2.05) is 4.90 Å². The second-order valence-electron chi connectivity index (χ2n) is 5.57. The Morgan fingerprint density at radius 1 is 1.29 bits per heavy atom. The number of alkyl halides is 3. The Labute approximate surface area is 121 Å². The van der Waals surface area contributed by atoms with Gasteiger partial charge in [0.1, 0.15) is 0 Å². The highest BCUT2D eigenvalue weighted by Gasteiger charge is 2.36. The number of oxime groups is 1. The van der Waals surface area contributed by atoms with E-state index in [-0.39, 0.29) is 5.56 Å². The fourth-order valence-electron chi connectivity index (χ4n) is 2.58. The number of hydrogen-bond donors (Lipinski definition) is 2. The summed E-state index contributed by atoms with van der Waals surface area (Å²) in [7, 11) is 0. The summed E-state index contributed by atoms with van der Waals surface area (Å²) in [4.78, 5) is 1.93. The SMILES string of the molecule is CC1CN(c2ccc(C(N)=NO)c(C(F)(F)F)c2)CC1C. The number of hydrogen-bond acceptors (Lipinski definition) is 3. The first-order valence-electron chi connectivity index (χ1n) is 6.68. The van der Waals surface area contributed by atoms with Crippen molar-refractivity contribution in [2.24, 2.45) is 22.7 Å². The van der Waals surface area contributed by atoms with E-state index in [2.05, 4.69) is 19.0 Å².